The molecular weight excluding hydrogens is 266 g/mol. The van der Waals surface area contributed by atoms with Crippen molar-refractivity contribution >= 4 is 9.84 Å². The van der Waals surface area contributed by atoms with Crippen molar-refractivity contribution in [1.29, 1.82) is 0 Å². The number of hydrogen-bond donors (Lipinski definition) is 1. The lowest BCUT2D eigenvalue weighted by Gasteiger charge is -2.14. The molecule has 0 saturated carbocycles. The summed E-state index contributed by atoms with van der Waals surface area (Å²) >= 11 is 0. The van der Waals surface area contributed by atoms with Gasteiger partial charge >= 0.3 is 0 Å². The van der Waals surface area contributed by atoms with E-state index >= 15 is 0 Å². The van der Waals surface area contributed by atoms with Crippen LogP contribution in [-0.2, 0) is 22.8 Å². The van der Waals surface area contributed by atoms with Crippen LogP contribution in [0.15, 0.2) is 4.52 Å². The van der Waals surface area contributed by atoms with Crippen molar-refractivity contribution in [2.75, 3.05) is 11.5 Å². The molecule has 2 heterocycles. The van der Waals surface area contributed by atoms with E-state index in [4.69, 9.17) is 4.52 Å². The van der Waals surface area contributed by atoms with E-state index in [-0.39, 0.29) is 23.0 Å². The Labute approximate surface area is 113 Å². The van der Waals surface area contributed by atoms with Crippen LogP contribution in [0.1, 0.15) is 38.9 Å². The lowest BCUT2D eigenvalue weighted by molar-refractivity contribution is 0.344. The second-order valence-corrected chi connectivity index (χ2v) is 8.55. The van der Waals surface area contributed by atoms with Crippen LogP contribution in [0, 0.1) is 5.41 Å². The minimum Gasteiger partial charge on any atom is -0.338 e. The third kappa shape index (κ3) is 4.58. The van der Waals surface area contributed by atoms with Gasteiger partial charge in [0.2, 0.25) is 5.89 Å². The summed E-state index contributed by atoms with van der Waals surface area (Å²) in [5.74, 6) is 1.69. The first-order valence-electron chi connectivity index (χ1n) is 6.49. The van der Waals surface area contributed by atoms with E-state index in [1.165, 1.54) is 0 Å². The smallest absolute Gasteiger partial charge is 0.240 e. The maximum absolute atomic E-state index is 11.3. The van der Waals surface area contributed by atoms with Gasteiger partial charge in [0.15, 0.2) is 15.7 Å². The molecule has 1 N–H and O–H groups in total. The van der Waals surface area contributed by atoms with Crippen LogP contribution < -0.4 is 5.32 Å². The van der Waals surface area contributed by atoms with Crippen LogP contribution in [0.3, 0.4) is 0 Å². The summed E-state index contributed by atoms with van der Waals surface area (Å²) in [6, 6.07) is 0.00275. The highest BCUT2D eigenvalue weighted by Gasteiger charge is 2.27. The van der Waals surface area contributed by atoms with Gasteiger partial charge in [0, 0.05) is 12.5 Å². The Morgan fingerprint density at radius 2 is 2.16 bits per heavy atom. The largest absolute Gasteiger partial charge is 0.338 e. The number of hydrogen-bond acceptors (Lipinski definition) is 6. The molecule has 7 heteroatoms. The zero-order chi connectivity index (χ0) is 14.1. The highest BCUT2D eigenvalue weighted by atomic mass is 32.2. The highest BCUT2D eigenvalue weighted by Crippen LogP contribution is 2.18. The Hall–Kier alpha value is -0.950. The normalized spacial score (nSPS) is 22.8. The van der Waals surface area contributed by atoms with Gasteiger partial charge in [-0.2, -0.15) is 4.98 Å². The molecule has 1 aliphatic heterocycles. The molecule has 1 fully saturated rings. The van der Waals surface area contributed by atoms with Crippen LogP contribution >= 0.6 is 0 Å². The molecule has 1 atom stereocenters. The summed E-state index contributed by atoms with van der Waals surface area (Å²) in [6.45, 7) is 6.78. The maximum atomic E-state index is 11.3. The lowest BCUT2D eigenvalue weighted by atomic mass is 9.92. The van der Waals surface area contributed by atoms with E-state index in [0.29, 0.717) is 24.7 Å². The molecule has 1 saturated heterocycles. The second kappa shape index (κ2) is 5.20. The van der Waals surface area contributed by atoms with Crippen LogP contribution in [0.2, 0.25) is 0 Å². The molecular formula is C12H21N3O3S. The molecule has 1 aromatic heterocycles. The molecule has 1 unspecified atom stereocenters. The van der Waals surface area contributed by atoms with Crippen LogP contribution in [0.4, 0.5) is 0 Å². The lowest BCUT2D eigenvalue weighted by Crippen LogP contribution is -2.29. The Morgan fingerprint density at radius 1 is 1.42 bits per heavy atom. The number of nitrogens with zero attached hydrogens (tertiary/aromatic N) is 2. The monoisotopic (exact) mass is 287 g/mol. The van der Waals surface area contributed by atoms with Gasteiger partial charge < -0.3 is 9.84 Å². The first kappa shape index (κ1) is 14.5. The van der Waals surface area contributed by atoms with E-state index in [9.17, 15) is 8.42 Å². The maximum Gasteiger partial charge on any atom is 0.240 e. The van der Waals surface area contributed by atoms with Gasteiger partial charge in [-0.05, 0) is 11.8 Å². The van der Waals surface area contributed by atoms with E-state index in [2.05, 4.69) is 36.2 Å². The Balaban J connectivity index is 1.84. The van der Waals surface area contributed by atoms with Gasteiger partial charge in [-0.25, -0.2) is 8.42 Å². The molecule has 19 heavy (non-hydrogen) atoms. The summed E-state index contributed by atoms with van der Waals surface area (Å²) in [5, 5.41) is 7.09. The van der Waals surface area contributed by atoms with E-state index in [1.807, 2.05) is 0 Å². The molecule has 0 aliphatic carbocycles. The molecule has 6 nitrogen and oxygen atoms in total. The fraction of sp³-hybridized carbons (Fsp3) is 0.833. The summed E-state index contributed by atoms with van der Waals surface area (Å²) < 4.78 is 27.8. The highest BCUT2D eigenvalue weighted by molar-refractivity contribution is 7.91. The summed E-state index contributed by atoms with van der Waals surface area (Å²) in [5.41, 5.74) is 0.119. The predicted molar refractivity (Wildman–Crippen MR) is 71.4 cm³/mol. The third-order valence-corrected chi connectivity index (χ3v) is 4.74. The average molecular weight is 287 g/mol. The molecule has 2 rings (SSSR count). The zero-order valence-electron chi connectivity index (χ0n) is 11.6. The molecule has 1 aliphatic rings. The molecule has 0 radical (unpaired) electrons. The standard InChI is InChI=1S/C12H21N3O3S/c1-12(2,3)6-10-14-11(18-15-10)7-13-9-4-5-19(16,17)8-9/h9,13H,4-8H2,1-3H3. The van der Waals surface area contributed by atoms with Gasteiger partial charge in [0.05, 0.1) is 18.1 Å². The van der Waals surface area contributed by atoms with Gasteiger partial charge in [-0.3, -0.25) is 0 Å². The fourth-order valence-electron chi connectivity index (χ4n) is 2.10. The molecule has 0 spiro atoms. The van der Waals surface area contributed by atoms with Gasteiger partial charge in [0.1, 0.15) is 0 Å². The van der Waals surface area contributed by atoms with E-state index < -0.39 is 9.84 Å². The topological polar surface area (TPSA) is 85.1 Å². The molecule has 108 valence electrons. The average Bonchev–Trinajstić information content (AvgIpc) is 2.80. The molecule has 0 amide bonds. The van der Waals surface area contributed by atoms with Crippen LogP contribution in [0.25, 0.3) is 0 Å². The van der Waals surface area contributed by atoms with Crippen molar-refractivity contribution in [3.05, 3.63) is 11.7 Å². The first-order valence-corrected chi connectivity index (χ1v) is 8.31. The molecule has 1 aromatic rings. The first-order chi connectivity index (χ1) is 8.73. The summed E-state index contributed by atoms with van der Waals surface area (Å²) in [4.78, 5) is 4.30. The quantitative estimate of drug-likeness (QED) is 0.887. The van der Waals surface area contributed by atoms with Crippen molar-refractivity contribution in [1.82, 2.24) is 15.5 Å². The van der Waals surface area contributed by atoms with Crippen molar-refractivity contribution in [2.24, 2.45) is 5.41 Å². The van der Waals surface area contributed by atoms with Crippen molar-refractivity contribution in [3.63, 3.8) is 0 Å². The molecule has 0 bridgehead atoms. The molecule has 0 aromatic carbocycles. The minimum absolute atomic E-state index is 0.00275. The number of sulfone groups is 1. The van der Waals surface area contributed by atoms with Crippen molar-refractivity contribution in [2.45, 2.75) is 46.2 Å². The van der Waals surface area contributed by atoms with E-state index in [0.717, 1.165) is 6.42 Å². The van der Waals surface area contributed by atoms with Gasteiger partial charge in [-0.15, -0.1) is 0 Å². The zero-order valence-corrected chi connectivity index (χ0v) is 12.5. The summed E-state index contributed by atoms with van der Waals surface area (Å²) in [7, 11) is -2.85. The summed E-state index contributed by atoms with van der Waals surface area (Å²) in [6.07, 6.45) is 1.42. The third-order valence-electron chi connectivity index (χ3n) is 2.97. The van der Waals surface area contributed by atoms with Crippen LogP contribution in [0.5, 0.6) is 0 Å². The second-order valence-electron chi connectivity index (χ2n) is 6.32. The van der Waals surface area contributed by atoms with Crippen molar-refractivity contribution in [3.8, 4) is 0 Å². The van der Waals surface area contributed by atoms with E-state index in [1.54, 1.807) is 0 Å². The predicted octanol–water partition coefficient (Wildman–Crippen LogP) is 0.935. The Morgan fingerprint density at radius 3 is 2.74 bits per heavy atom. The fourth-order valence-corrected chi connectivity index (χ4v) is 3.80. The number of rotatable bonds is 4. The minimum atomic E-state index is -2.85. The number of aromatic nitrogens is 2. The SMILES string of the molecule is CC(C)(C)Cc1noc(CNC2CCS(=O)(=O)C2)n1. The Kier molecular flexibility index (Phi) is 3.96. The van der Waals surface area contributed by atoms with Crippen LogP contribution in [-0.4, -0.2) is 36.1 Å². The Bertz CT molecular complexity index is 531. The van der Waals surface area contributed by atoms with Gasteiger partial charge in [0.25, 0.3) is 0 Å². The number of nitrogens with one attached hydrogen (secondary N) is 1. The van der Waals surface area contributed by atoms with Crippen molar-refractivity contribution < 1.29 is 12.9 Å². The van der Waals surface area contributed by atoms with Gasteiger partial charge in [-0.1, -0.05) is 25.9 Å².